The summed E-state index contributed by atoms with van der Waals surface area (Å²) in [6, 6.07) is 24.8. The van der Waals surface area contributed by atoms with E-state index in [-0.39, 0.29) is 10.8 Å². The maximum absolute atomic E-state index is 13.2. The SMILES string of the molecule is CCN(c1ccccc1)S(=O)(=O)c1ccc(C(=O)Nc2sccc2-c2nc3ccccc3s2)cc1. The zero-order chi connectivity index (χ0) is 24.4. The van der Waals surface area contributed by atoms with E-state index in [2.05, 4.69) is 10.3 Å². The van der Waals surface area contributed by atoms with Crippen molar-refractivity contribution in [1.29, 1.82) is 0 Å². The Morgan fingerprint density at radius 3 is 2.37 bits per heavy atom. The van der Waals surface area contributed by atoms with Crippen LogP contribution in [0.25, 0.3) is 20.8 Å². The first-order valence-corrected chi connectivity index (χ1v) is 14.0. The van der Waals surface area contributed by atoms with Crippen LogP contribution >= 0.6 is 22.7 Å². The van der Waals surface area contributed by atoms with Crippen LogP contribution in [0.2, 0.25) is 0 Å². The molecule has 9 heteroatoms. The topological polar surface area (TPSA) is 79.4 Å². The zero-order valence-electron chi connectivity index (χ0n) is 18.7. The Hall–Kier alpha value is -3.53. The monoisotopic (exact) mass is 519 g/mol. The van der Waals surface area contributed by atoms with E-state index in [4.69, 9.17) is 0 Å². The number of para-hydroxylation sites is 2. The molecule has 5 aromatic rings. The molecule has 0 fully saturated rings. The van der Waals surface area contributed by atoms with Crippen molar-refractivity contribution < 1.29 is 13.2 Å². The van der Waals surface area contributed by atoms with Gasteiger partial charge in [-0.05, 0) is 66.9 Å². The van der Waals surface area contributed by atoms with Crippen LogP contribution in [0.15, 0.2) is 95.2 Å². The molecule has 2 heterocycles. The summed E-state index contributed by atoms with van der Waals surface area (Å²) in [4.78, 5) is 17.8. The molecule has 1 amide bonds. The van der Waals surface area contributed by atoms with Crippen molar-refractivity contribution in [2.75, 3.05) is 16.2 Å². The lowest BCUT2D eigenvalue weighted by atomic mass is 10.2. The summed E-state index contributed by atoms with van der Waals surface area (Å²) in [5.41, 5.74) is 2.75. The van der Waals surface area contributed by atoms with Gasteiger partial charge in [0.1, 0.15) is 10.0 Å². The van der Waals surface area contributed by atoms with Gasteiger partial charge in [-0.15, -0.1) is 22.7 Å². The number of carbonyl (C=O) groups excluding carboxylic acids is 1. The summed E-state index contributed by atoms with van der Waals surface area (Å²) < 4.78 is 28.8. The Labute approximate surface area is 211 Å². The summed E-state index contributed by atoms with van der Waals surface area (Å²) in [6.07, 6.45) is 0. The Balaban J connectivity index is 1.36. The lowest BCUT2D eigenvalue weighted by molar-refractivity contribution is 0.102. The number of aromatic nitrogens is 1. The minimum absolute atomic E-state index is 0.131. The number of thiazole rings is 1. The number of benzene rings is 3. The fourth-order valence-corrected chi connectivity index (χ4v) is 7.05. The first-order chi connectivity index (χ1) is 17.0. The Kier molecular flexibility index (Phi) is 6.38. The van der Waals surface area contributed by atoms with Gasteiger partial charge in [-0.25, -0.2) is 13.4 Å². The highest BCUT2D eigenvalue weighted by Gasteiger charge is 2.24. The third kappa shape index (κ3) is 4.58. The fraction of sp³-hybridized carbons (Fsp3) is 0.0769. The van der Waals surface area contributed by atoms with Crippen molar-refractivity contribution in [3.8, 4) is 10.6 Å². The van der Waals surface area contributed by atoms with Crippen LogP contribution in [0.5, 0.6) is 0 Å². The van der Waals surface area contributed by atoms with E-state index in [0.29, 0.717) is 22.8 Å². The molecule has 0 saturated carbocycles. The molecule has 0 atom stereocenters. The van der Waals surface area contributed by atoms with Crippen LogP contribution in [0.3, 0.4) is 0 Å². The lowest BCUT2D eigenvalue weighted by Gasteiger charge is -2.23. The average molecular weight is 520 g/mol. The van der Waals surface area contributed by atoms with Gasteiger partial charge >= 0.3 is 0 Å². The van der Waals surface area contributed by atoms with E-state index in [9.17, 15) is 13.2 Å². The Bertz CT molecular complexity index is 1560. The number of rotatable bonds is 7. The van der Waals surface area contributed by atoms with Crippen LogP contribution in [0, 0.1) is 0 Å². The molecule has 2 aromatic heterocycles. The van der Waals surface area contributed by atoms with E-state index in [1.54, 1.807) is 42.5 Å². The van der Waals surface area contributed by atoms with E-state index >= 15 is 0 Å². The maximum atomic E-state index is 13.2. The van der Waals surface area contributed by atoms with Crippen LogP contribution in [0.1, 0.15) is 17.3 Å². The molecule has 0 bridgehead atoms. The number of fused-ring (bicyclic) bond motifs is 1. The van der Waals surface area contributed by atoms with Crippen molar-refractivity contribution in [3.05, 3.63) is 95.9 Å². The van der Waals surface area contributed by atoms with Gasteiger partial charge in [0.15, 0.2) is 0 Å². The van der Waals surface area contributed by atoms with Crippen molar-refractivity contribution in [1.82, 2.24) is 4.98 Å². The second kappa shape index (κ2) is 9.61. The van der Waals surface area contributed by atoms with Gasteiger partial charge in [-0.3, -0.25) is 9.10 Å². The highest BCUT2D eigenvalue weighted by molar-refractivity contribution is 7.92. The molecule has 0 aliphatic carbocycles. The second-order valence-corrected chi connectivity index (χ2v) is 11.4. The molecule has 176 valence electrons. The van der Waals surface area contributed by atoms with Crippen LogP contribution in [0.4, 0.5) is 10.7 Å². The molecule has 0 aliphatic heterocycles. The largest absolute Gasteiger partial charge is 0.313 e. The molecule has 0 unspecified atom stereocenters. The molecular weight excluding hydrogens is 499 g/mol. The number of hydrogen-bond donors (Lipinski definition) is 1. The Morgan fingerprint density at radius 1 is 0.943 bits per heavy atom. The molecular formula is C26H21N3O3S3. The second-order valence-electron chi connectivity index (χ2n) is 7.63. The standard InChI is InChI=1S/C26H21N3O3S3/c1-2-29(19-8-4-3-5-9-19)35(31,32)20-14-12-18(13-15-20)24(30)28-25-21(16-17-33-25)26-27-22-10-6-7-11-23(22)34-26/h3-17H,2H2,1H3,(H,28,30). The summed E-state index contributed by atoms with van der Waals surface area (Å²) in [5, 5.41) is 6.40. The van der Waals surface area contributed by atoms with Crippen LogP contribution in [-0.2, 0) is 10.0 Å². The smallest absolute Gasteiger partial charge is 0.264 e. The zero-order valence-corrected chi connectivity index (χ0v) is 21.2. The number of amides is 1. The molecule has 0 aliphatic rings. The van der Waals surface area contributed by atoms with Crippen molar-refractivity contribution in [3.63, 3.8) is 0 Å². The van der Waals surface area contributed by atoms with Crippen molar-refractivity contribution in [2.24, 2.45) is 0 Å². The van der Waals surface area contributed by atoms with Gasteiger partial charge < -0.3 is 5.32 Å². The van der Waals surface area contributed by atoms with Crippen molar-refractivity contribution in [2.45, 2.75) is 11.8 Å². The third-order valence-corrected chi connectivity index (χ3v) is 9.27. The van der Waals surface area contributed by atoms with Gasteiger partial charge in [0.25, 0.3) is 15.9 Å². The molecule has 5 rings (SSSR count). The normalized spacial score (nSPS) is 11.5. The average Bonchev–Trinajstić information content (AvgIpc) is 3.51. The first kappa shape index (κ1) is 23.2. The minimum atomic E-state index is -3.76. The van der Waals surface area contributed by atoms with Crippen LogP contribution < -0.4 is 9.62 Å². The van der Waals surface area contributed by atoms with E-state index < -0.39 is 10.0 Å². The van der Waals surface area contributed by atoms with Gasteiger partial charge in [0.05, 0.1) is 20.8 Å². The molecule has 6 nitrogen and oxygen atoms in total. The van der Waals surface area contributed by atoms with E-state index in [1.165, 1.54) is 39.9 Å². The number of carbonyl (C=O) groups is 1. The van der Waals surface area contributed by atoms with Gasteiger partial charge in [0, 0.05) is 17.7 Å². The third-order valence-electron chi connectivity index (χ3n) is 5.45. The first-order valence-electron chi connectivity index (χ1n) is 10.9. The number of anilines is 2. The fourth-order valence-electron chi connectivity index (χ4n) is 3.73. The number of hydrogen-bond acceptors (Lipinski definition) is 6. The number of nitrogens with zero attached hydrogens (tertiary/aromatic N) is 2. The highest BCUT2D eigenvalue weighted by Crippen LogP contribution is 2.38. The Morgan fingerprint density at radius 2 is 1.66 bits per heavy atom. The van der Waals surface area contributed by atoms with Crippen molar-refractivity contribution >= 4 is 59.5 Å². The quantitative estimate of drug-likeness (QED) is 0.266. The summed E-state index contributed by atoms with van der Waals surface area (Å²) >= 11 is 2.99. The summed E-state index contributed by atoms with van der Waals surface area (Å²) in [5.74, 6) is -0.311. The minimum Gasteiger partial charge on any atom is -0.313 e. The maximum Gasteiger partial charge on any atom is 0.264 e. The predicted octanol–water partition coefficient (Wildman–Crippen LogP) is 6.49. The molecule has 0 saturated heterocycles. The molecule has 0 spiro atoms. The molecule has 3 aromatic carbocycles. The molecule has 1 N–H and O–H groups in total. The summed E-state index contributed by atoms with van der Waals surface area (Å²) in [6.45, 7) is 2.08. The van der Waals surface area contributed by atoms with Gasteiger partial charge in [-0.1, -0.05) is 30.3 Å². The van der Waals surface area contributed by atoms with Crippen LogP contribution in [-0.4, -0.2) is 25.9 Å². The number of nitrogens with one attached hydrogen (secondary N) is 1. The number of sulfonamides is 1. The van der Waals surface area contributed by atoms with E-state index in [1.807, 2.05) is 41.8 Å². The van der Waals surface area contributed by atoms with Gasteiger partial charge in [-0.2, -0.15) is 0 Å². The molecule has 0 radical (unpaired) electrons. The highest BCUT2D eigenvalue weighted by atomic mass is 32.2. The van der Waals surface area contributed by atoms with Gasteiger partial charge in [0.2, 0.25) is 0 Å². The molecule has 35 heavy (non-hydrogen) atoms. The lowest BCUT2D eigenvalue weighted by Crippen LogP contribution is -2.30. The van der Waals surface area contributed by atoms with E-state index in [0.717, 1.165) is 20.8 Å². The number of thiophene rings is 1. The summed E-state index contributed by atoms with van der Waals surface area (Å²) in [7, 11) is -3.76. The predicted molar refractivity (Wildman–Crippen MR) is 144 cm³/mol.